The lowest BCUT2D eigenvalue weighted by molar-refractivity contribution is 0.245. The van der Waals surface area contributed by atoms with Crippen molar-refractivity contribution < 1.29 is 0 Å². The summed E-state index contributed by atoms with van der Waals surface area (Å²) in [5.74, 6) is 0. The molecule has 7 heteroatoms. The third-order valence-electron chi connectivity index (χ3n) is 4.05. The van der Waals surface area contributed by atoms with Gasteiger partial charge in [-0.3, -0.25) is 9.80 Å². The van der Waals surface area contributed by atoms with Crippen LogP contribution in [0.1, 0.15) is 23.2 Å². The lowest BCUT2D eigenvalue weighted by atomic mass is 10.1. The normalized spacial score (nSPS) is 16.9. The summed E-state index contributed by atoms with van der Waals surface area (Å²) in [5.41, 5.74) is 2.85. The smallest absolute Gasteiger partial charge is 0.138 e. The van der Waals surface area contributed by atoms with Crippen LogP contribution in [0.2, 0.25) is 4.34 Å². The second-order valence-electron chi connectivity index (χ2n) is 5.71. The lowest BCUT2D eigenvalue weighted by Gasteiger charge is -2.21. The molecule has 5 nitrogen and oxygen atoms in total. The van der Waals surface area contributed by atoms with Gasteiger partial charge < -0.3 is 0 Å². The van der Waals surface area contributed by atoms with Gasteiger partial charge in [0.1, 0.15) is 10.0 Å². The Morgan fingerprint density at radius 2 is 1.78 bits per heavy atom. The molecule has 120 valence electrons. The SMILES string of the molecule is N#Cc1ccc(CN2CCCN(Cc3nnsc3Cl)CC2)cc1. The average Bonchev–Trinajstić information content (AvgIpc) is 2.84. The van der Waals surface area contributed by atoms with E-state index >= 15 is 0 Å². The summed E-state index contributed by atoms with van der Waals surface area (Å²) in [7, 11) is 0. The van der Waals surface area contributed by atoms with Gasteiger partial charge in [-0.15, -0.1) is 5.10 Å². The van der Waals surface area contributed by atoms with Crippen molar-refractivity contribution in [3.8, 4) is 6.07 Å². The van der Waals surface area contributed by atoms with Crippen molar-refractivity contribution in [1.82, 2.24) is 19.4 Å². The summed E-state index contributed by atoms with van der Waals surface area (Å²) in [6, 6.07) is 10.0. The first-order valence-corrected chi connectivity index (χ1v) is 8.80. The van der Waals surface area contributed by atoms with Crippen molar-refractivity contribution in [3.63, 3.8) is 0 Å². The van der Waals surface area contributed by atoms with Crippen LogP contribution in [0.25, 0.3) is 0 Å². The van der Waals surface area contributed by atoms with Crippen LogP contribution in [0.15, 0.2) is 24.3 Å². The molecule has 23 heavy (non-hydrogen) atoms. The van der Waals surface area contributed by atoms with Gasteiger partial charge in [-0.1, -0.05) is 28.2 Å². The van der Waals surface area contributed by atoms with Gasteiger partial charge in [-0.2, -0.15) is 5.26 Å². The van der Waals surface area contributed by atoms with E-state index in [-0.39, 0.29) is 0 Å². The highest BCUT2D eigenvalue weighted by Crippen LogP contribution is 2.19. The van der Waals surface area contributed by atoms with E-state index in [4.69, 9.17) is 16.9 Å². The molecule has 1 aromatic heterocycles. The van der Waals surface area contributed by atoms with E-state index in [0.29, 0.717) is 9.90 Å². The maximum absolute atomic E-state index is 8.86. The highest BCUT2D eigenvalue weighted by Gasteiger charge is 2.17. The predicted octanol–water partition coefficient (Wildman–Crippen LogP) is 2.77. The van der Waals surface area contributed by atoms with Crippen LogP contribution in [-0.4, -0.2) is 45.6 Å². The van der Waals surface area contributed by atoms with Gasteiger partial charge in [0.15, 0.2) is 0 Å². The van der Waals surface area contributed by atoms with Gasteiger partial charge in [-0.05, 0) is 37.2 Å². The van der Waals surface area contributed by atoms with Gasteiger partial charge in [-0.25, -0.2) is 0 Å². The average molecular weight is 348 g/mol. The van der Waals surface area contributed by atoms with Crippen LogP contribution in [-0.2, 0) is 13.1 Å². The molecular weight excluding hydrogens is 330 g/mol. The maximum atomic E-state index is 8.86. The standard InChI is InChI=1S/C16H18ClN5S/c17-16-15(19-20-23-16)12-22-7-1-6-21(8-9-22)11-14-4-2-13(10-18)3-5-14/h2-5H,1,6-9,11-12H2. The van der Waals surface area contributed by atoms with Crippen LogP contribution in [0.4, 0.5) is 0 Å². The molecule has 1 aliphatic rings. The second-order valence-corrected chi connectivity index (χ2v) is 7.06. The first-order chi connectivity index (χ1) is 11.2. The zero-order chi connectivity index (χ0) is 16.1. The molecule has 0 saturated carbocycles. The lowest BCUT2D eigenvalue weighted by Crippen LogP contribution is -2.30. The number of halogens is 1. The third-order valence-corrected chi connectivity index (χ3v) is 5.04. The van der Waals surface area contributed by atoms with Crippen LogP contribution in [0, 0.1) is 11.3 Å². The molecule has 3 rings (SSSR count). The predicted molar refractivity (Wildman–Crippen MR) is 91.2 cm³/mol. The maximum Gasteiger partial charge on any atom is 0.138 e. The molecule has 0 aliphatic carbocycles. The van der Waals surface area contributed by atoms with Crippen molar-refractivity contribution in [3.05, 3.63) is 45.4 Å². The number of nitriles is 1. The molecule has 0 radical (unpaired) electrons. The van der Waals surface area contributed by atoms with Gasteiger partial charge in [0.2, 0.25) is 0 Å². The Labute approximate surface area is 145 Å². The Morgan fingerprint density at radius 3 is 2.39 bits per heavy atom. The van der Waals surface area contributed by atoms with Crippen LogP contribution < -0.4 is 0 Å². The van der Waals surface area contributed by atoms with Crippen LogP contribution in [0.5, 0.6) is 0 Å². The summed E-state index contributed by atoms with van der Waals surface area (Å²) in [6.45, 7) is 5.87. The summed E-state index contributed by atoms with van der Waals surface area (Å²) in [4.78, 5) is 4.85. The van der Waals surface area contributed by atoms with Gasteiger partial charge in [0, 0.05) is 37.7 Å². The molecule has 1 aromatic carbocycles. The fourth-order valence-corrected chi connectivity index (χ4v) is 3.40. The Balaban J connectivity index is 1.53. The first kappa shape index (κ1) is 16.3. The molecule has 0 spiro atoms. The number of nitrogens with zero attached hydrogens (tertiary/aromatic N) is 5. The molecule has 0 N–H and O–H groups in total. The van der Waals surface area contributed by atoms with Gasteiger partial charge in [0.25, 0.3) is 0 Å². The number of benzene rings is 1. The quantitative estimate of drug-likeness (QED) is 0.851. The van der Waals surface area contributed by atoms with E-state index in [1.165, 1.54) is 17.1 Å². The molecule has 0 bridgehead atoms. The molecular formula is C16H18ClN5S. The van der Waals surface area contributed by atoms with Crippen molar-refractivity contribution >= 4 is 23.1 Å². The molecule has 1 aliphatic heterocycles. The molecule has 1 saturated heterocycles. The van der Waals surface area contributed by atoms with Crippen molar-refractivity contribution in [1.29, 1.82) is 5.26 Å². The first-order valence-electron chi connectivity index (χ1n) is 7.65. The molecule has 0 amide bonds. The van der Waals surface area contributed by atoms with Crippen molar-refractivity contribution in [2.45, 2.75) is 19.5 Å². The summed E-state index contributed by atoms with van der Waals surface area (Å²) < 4.78 is 4.59. The van der Waals surface area contributed by atoms with E-state index in [0.717, 1.165) is 51.4 Å². The fraction of sp³-hybridized carbons (Fsp3) is 0.438. The second kappa shape index (κ2) is 7.84. The zero-order valence-corrected chi connectivity index (χ0v) is 14.4. The zero-order valence-electron chi connectivity index (χ0n) is 12.8. The Kier molecular flexibility index (Phi) is 5.57. The number of hydrogen-bond acceptors (Lipinski definition) is 6. The molecule has 2 heterocycles. The molecule has 0 unspecified atom stereocenters. The topological polar surface area (TPSA) is 56.1 Å². The summed E-state index contributed by atoms with van der Waals surface area (Å²) >= 11 is 7.34. The molecule has 0 atom stereocenters. The summed E-state index contributed by atoms with van der Waals surface area (Å²) in [6.07, 6.45) is 1.13. The Bertz CT molecular complexity index is 679. The minimum absolute atomic E-state index is 0.698. The van der Waals surface area contributed by atoms with E-state index < -0.39 is 0 Å². The van der Waals surface area contributed by atoms with Crippen molar-refractivity contribution in [2.24, 2.45) is 0 Å². The summed E-state index contributed by atoms with van der Waals surface area (Å²) in [5, 5.41) is 13.0. The van der Waals surface area contributed by atoms with Gasteiger partial charge in [0.05, 0.1) is 11.6 Å². The third kappa shape index (κ3) is 4.49. The number of rotatable bonds is 4. The Morgan fingerprint density at radius 1 is 1.09 bits per heavy atom. The van der Waals surface area contributed by atoms with Gasteiger partial charge >= 0.3 is 0 Å². The van der Waals surface area contributed by atoms with E-state index in [1.807, 2.05) is 24.3 Å². The number of aromatic nitrogens is 2. The highest BCUT2D eigenvalue weighted by molar-refractivity contribution is 7.10. The van der Waals surface area contributed by atoms with E-state index in [2.05, 4.69) is 25.5 Å². The van der Waals surface area contributed by atoms with Crippen molar-refractivity contribution in [2.75, 3.05) is 26.2 Å². The van der Waals surface area contributed by atoms with Crippen LogP contribution in [0.3, 0.4) is 0 Å². The fourth-order valence-electron chi connectivity index (χ4n) is 2.79. The highest BCUT2D eigenvalue weighted by atomic mass is 35.5. The molecule has 2 aromatic rings. The van der Waals surface area contributed by atoms with Crippen LogP contribution >= 0.6 is 23.1 Å². The minimum atomic E-state index is 0.698. The van der Waals surface area contributed by atoms with E-state index in [1.54, 1.807) is 0 Å². The number of hydrogen-bond donors (Lipinski definition) is 0. The van der Waals surface area contributed by atoms with E-state index in [9.17, 15) is 0 Å². The molecule has 1 fully saturated rings. The minimum Gasteiger partial charge on any atom is -0.298 e. The Hall–Kier alpha value is -1.52. The largest absolute Gasteiger partial charge is 0.298 e. The monoisotopic (exact) mass is 347 g/mol.